The number of nitrogens with zero attached hydrogens (tertiary/aromatic N) is 2. The van der Waals surface area contributed by atoms with Crippen LogP contribution in [0.25, 0.3) is 0 Å². The van der Waals surface area contributed by atoms with E-state index in [-0.39, 0.29) is 0 Å². The predicted molar refractivity (Wildman–Crippen MR) is 75.7 cm³/mol. The molecule has 0 saturated heterocycles. The molecule has 0 bridgehead atoms. The molecule has 1 aliphatic rings. The van der Waals surface area contributed by atoms with E-state index >= 15 is 0 Å². The molecule has 2 heteroatoms. The first-order valence-electron chi connectivity index (χ1n) is 6.86. The topological polar surface area (TPSA) is 27.0 Å². The molecule has 2 nitrogen and oxygen atoms in total. The van der Waals surface area contributed by atoms with Crippen LogP contribution in [0.4, 0.5) is 5.69 Å². The van der Waals surface area contributed by atoms with Crippen LogP contribution >= 0.6 is 0 Å². The van der Waals surface area contributed by atoms with Gasteiger partial charge in [-0.05, 0) is 42.4 Å². The quantitative estimate of drug-likeness (QED) is 0.802. The Labute approximate surface area is 110 Å². The summed E-state index contributed by atoms with van der Waals surface area (Å²) in [5.74, 6) is 1.16. The lowest BCUT2D eigenvalue weighted by atomic mass is 9.74. The molecule has 2 unspecified atom stereocenters. The molecular formula is C16H22N2. The molecule has 2 atom stereocenters. The average molecular weight is 242 g/mol. The highest BCUT2D eigenvalue weighted by Crippen LogP contribution is 2.39. The third-order valence-corrected chi connectivity index (χ3v) is 4.10. The largest absolute Gasteiger partial charge is 0.378 e. The maximum absolute atomic E-state index is 8.94. The van der Waals surface area contributed by atoms with Gasteiger partial charge >= 0.3 is 0 Å². The molecule has 96 valence electrons. The van der Waals surface area contributed by atoms with Crippen LogP contribution in [0.2, 0.25) is 0 Å². The van der Waals surface area contributed by atoms with E-state index in [0.717, 1.165) is 0 Å². The van der Waals surface area contributed by atoms with Crippen molar-refractivity contribution in [2.45, 2.75) is 38.0 Å². The number of hydrogen-bond acceptors (Lipinski definition) is 2. The molecule has 0 heterocycles. The molecule has 1 saturated carbocycles. The smallest absolute Gasteiger partial charge is 0.0624 e. The molecule has 0 N–H and O–H groups in total. The van der Waals surface area contributed by atoms with Gasteiger partial charge in [0.05, 0.1) is 6.07 Å². The third kappa shape index (κ3) is 2.85. The van der Waals surface area contributed by atoms with Gasteiger partial charge in [-0.2, -0.15) is 5.26 Å². The first kappa shape index (κ1) is 13.0. The van der Waals surface area contributed by atoms with E-state index in [0.29, 0.717) is 18.3 Å². The van der Waals surface area contributed by atoms with E-state index in [9.17, 15) is 0 Å². The molecule has 0 spiro atoms. The number of benzene rings is 1. The van der Waals surface area contributed by atoms with Crippen molar-refractivity contribution >= 4 is 5.69 Å². The van der Waals surface area contributed by atoms with Crippen molar-refractivity contribution in [3.63, 3.8) is 0 Å². The van der Waals surface area contributed by atoms with Gasteiger partial charge in [-0.15, -0.1) is 0 Å². The summed E-state index contributed by atoms with van der Waals surface area (Å²) in [6, 6.07) is 11.2. The zero-order valence-corrected chi connectivity index (χ0v) is 11.4. The van der Waals surface area contributed by atoms with Crippen molar-refractivity contribution in [3.8, 4) is 6.07 Å². The van der Waals surface area contributed by atoms with E-state index in [1.807, 2.05) is 0 Å². The standard InChI is InChI=1S/C16H22N2/c1-18(2)15-9-7-14(8-10-15)16-6-4-3-5-13(16)11-12-17/h7-10,13,16H,3-6,11H2,1-2H3. The van der Waals surface area contributed by atoms with E-state index in [1.54, 1.807) is 0 Å². The fraction of sp³-hybridized carbons (Fsp3) is 0.562. The van der Waals surface area contributed by atoms with Crippen LogP contribution in [0, 0.1) is 17.2 Å². The number of hydrogen-bond donors (Lipinski definition) is 0. The van der Waals surface area contributed by atoms with Crippen LogP contribution < -0.4 is 4.90 Å². The molecule has 1 aromatic carbocycles. The van der Waals surface area contributed by atoms with E-state index < -0.39 is 0 Å². The molecule has 1 aliphatic carbocycles. The summed E-state index contributed by atoms with van der Waals surface area (Å²) in [5, 5.41) is 8.94. The van der Waals surface area contributed by atoms with Gasteiger partial charge in [-0.3, -0.25) is 0 Å². The number of anilines is 1. The zero-order valence-electron chi connectivity index (χ0n) is 11.4. The van der Waals surface area contributed by atoms with Gasteiger partial charge in [0.25, 0.3) is 0 Å². The van der Waals surface area contributed by atoms with Crippen molar-refractivity contribution in [1.82, 2.24) is 0 Å². The molecule has 1 aromatic rings. The first-order valence-corrected chi connectivity index (χ1v) is 6.86. The lowest BCUT2D eigenvalue weighted by Crippen LogP contribution is -2.17. The van der Waals surface area contributed by atoms with Crippen LogP contribution in [0.1, 0.15) is 43.6 Å². The highest BCUT2D eigenvalue weighted by molar-refractivity contribution is 5.46. The highest BCUT2D eigenvalue weighted by atomic mass is 15.1. The van der Waals surface area contributed by atoms with Gasteiger partial charge in [0.1, 0.15) is 0 Å². The highest BCUT2D eigenvalue weighted by Gasteiger charge is 2.26. The van der Waals surface area contributed by atoms with Crippen LogP contribution in [-0.2, 0) is 0 Å². The van der Waals surface area contributed by atoms with E-state index in [4.69, 9.17) is 5.26 Å². The fourth-order valence-corrected chi connectivity index (χ4v) is 3.03. The second-order valence-corrected chi connectivity index (χ2v) is 5.50. The van der Waals surface area contributed by atoms with Gasteiger partial charge in [-0.1, -0.05) is 25.0 Å². The lowest BCUT2D eigenvalue weighted by molar-refractivity contribution is 0.312. The summed E-state index contributed by atoms with van der Waals surface area (Å²) in [4.78, 5) is 2.12. The Kier molecular flexibility index (Phi) is 4.25. The Morgan fingerprint density at radius 3 is 2.44 bits per heavy atom. The lowest BCUT2D eigenvalue weighted by Gasteiger charge is -2.30. The molecular weight excluding hydrogens is 220 g/mol. The van der Waals surface area contributed by atoms with Gasteiger partial charge in [-0.25, -0.2) is 0 Å². The molecule has 18 heavy (non-hydrogen) atoms. The third-order valence-electron chi connectivity index (χ3n) is 4.10. The minimum absolute atomic E-state index is 0.564. The predicted octanol–water partition coefficient (Wildman–Crippen LogP) is 3.94. The van der Waals surface area contributed by atoms with Crippen molar-refractivity contribution in [2.24, 2.45) is 5.92 Å². The fourth-order valence-electron chi connectivity index (χ4n) is 3.03. The summed E-state index contributed by atoms with van der Waals surface area (Å²) >= 11 is 0. The van der Waals surface area contributed by atoms with Crippen molar-refractivity contribution < 1.29 is 0 Å². The second-order valence-electron chi connectivity index (χ2n) is 5.50. The van der Waals surface area contributed by atoms with Gasteiger partial charge in [0.15, 0.2) is 0 Å². The molecule has 0 aliphatic heterocycles. The normalized spacial score (nSPS) is 23.4. The van der Waals surface area contributed by atoms with Crippen LogP contribution in [0.5, 0.6) is 0 Å². The molecule has 0 aromatic heterocycles. The summed E-state index contributed by atoms with van der Waals surface area (Å²) in [5.41, 5.74) is 2.66. The van der Waals surface area contributed by atoms with Gasteiger partial charge in [0.2, 0.25) is 0 Å². The van der Waals surface area contributed by atoms with E-state index in [2.05, 4.69) is 49.3 Å². The van der Waals surface area contributed by atoms with Crippen LogP contribution in [0.3, 0.4) is 0 Å². The van der Waals surface area contributed by atoms with Crippen molar-refractivity contribution in [3.05, 3.63) is 29.8 Å². The SMILES string of the molecule is CN(C)c1ccc(C2CCCCC2CC#N)cc1. The minimum Gasteiger partial charge on any atom is -0.378 e. The Bertz CT molecular complexity index is 414. The Balaban J connectivity index is 2.15. The maximum atomic E-state index is 8.94. The number of nitriles is 1. The minimum atomic E-state index is 0.564. The zero-order chi connectivity index (χ0) is 13.0. The Morgan fingerprint density at radius 1 is 1.17 bits per heavy atom. The van der Waals surface area contributed by atoms with Crippen molar-refractivity contribution in [1.29, 1.82) is 5.26 Å². The molecule has 0 amide bonds. The maximum Gasteiger partial charge on any atom is 0.0624 e. The molecule has 0 radical (unpaired) electrons. The second kappa shape index (κ2) is 5.91. The van der Waals surface area contributed by atoms with Crippen molar-refractivity contribution in [2.75, 3.05) is 19.0 Å². The van der Waals surface area contributed by atoms with Gasteiger partial charge < -0.3 is 4.90 Å². The molecule has 2 rings (SSSR count). The van der Waals surface area contributed by atoms with Crippen LogP contribution in [-0.4, -0.2) is 14.1 Å². The first-order chi connectivity index (χ1) is 8.72. The van der Waals surface area contributed by atoms with Gasteiger partial charge in [0, 0.05) is 26.2 Å². The summed E-state index contributed by atoms with van der Waals surface area (Å²) < 4.78 is 0. The van der Waals surface area contributed by atoms with E-state index in [1.165, 1.54) is 36.9 Å². The Morgan fingerprint density at radius 2 is 1.83 bits per heavy atom. The summed E-state index contributed by atoms with van der Waals surface area (Å²) in [7, 11) is 4.13. The monoisotopic (exact) mass is 242 g/mol. The molecule has 1 fully saturated rings. The summed E-state index contributed by atoms with van der Waals surface area (Å²) in [6.07, 6.45) is 5.77. The summed E-state index contributed by atoms with van der Waals surface area (Å²) in [6.45, 7) is 0. The number of rotatable bonds is 3. The van der Waals surface area contributed by atoms with Crippen LogP contribution in [0.15, 0.2) is 24.3 Å². The average Bonchev–Trinajstić information content (AvgIpc) is 2.40. The Hall–Kier alpha value is -1.49.